The van der Waals surface area contributed by atoms with E-state index in [4.69, 9.17) is 27.4 Å². The minimum absolute atomic E-state index is 0.00540. The SMILES string of the molecule is CS(=O)(=O)Oc1c(Cl)cc(Cl)c2cccnc12. The van der Waals surface area contributed by atoms with Gasteiger partial charge in [0.15, 0.2) is 5.75 Å². The third-order valence-electron chi connectivity index (χ3n) is 1.99. The molecule has 0 atom stereocenters. The standard InChI is InChI=1S/C10H7Cl2NO3S/c1-17(14,15)16-10-8(12)5-7(11)6-3-2-4-13-9(6)10/h2-5H,1H3. The average molecular weight is 292 g/mol. The van der Waals surface area contributed by atoms with Crippen LogP contribution in [0, 0.1) is 0 Å². The van der Waals surface area contributed by atoms with Crippen LogP contribution in [0.5, 0.6) is 5.75 Å². The van der Waals surface area contributed by atoms with Gasteiger partial charge in [0.2, 0.25) is 0 Å². The maximum absolute atomic E-state index is 11.1. The molecule has 0 aliphatic heterocycles. The molecule has 2 rings (SSSR count). The molecule has 0 saturated carbocycles. The lowest BCUT2D eigenvalue weighted by Crippen LogP contribution is -2.07. The van der Waals surface area contributed by atoms with Gasteiger partial charge in [-0.25, -0.2) is 0 Å². The Morgan fingerprint density at radius 3 is 2.65 bits per heavy atom. The summed E-state index contributed by atoms with van der Waals surface area (Å²) in [5, 5.41) is 1.07. The molecule has 0 unspecified atom stereocenters. The lowest BCUT2D eigenvalue weighted by atomic mass is 10.2. The lowest BCUT2D eigenvalue weighted by molar-refractivity contribution is 0.495. The van der Waals surface area contributed by atoms with E-state index >= 15 is 0 Å². The molecule has 4 nitrogen and oxygen atoms in total. The van der Waals surface area contributed by atoms with E-state index < -0.39 is 10.1 Å². The van der Waals surface area contributed by atoms with Crippen molar-refractivity contribution in [3.63, 3.8) is 0 Å². The minimum Gasteiger partial charge on any atom is -0.379 e. The Hall–Kier alpha value is -1.04. The summed E-state index contributed by atoms with van der Waals surface area (Å²) in [4.78, 5) is 4.03. The second kappa shape index (κ2) is 4.33. The summed E-state index contributed by atoms with van der Waals surface area (Å²) in [5.41, 5.74) is 0.315. The summed E-state index contributed by atoms with van der Waals surface area (Å²) >= 11 is 11.9. The highest BCUT2D eigenvalue weighted by atomic mass is 35.5. The molecule has 0 saturated heterocycles. The van der Waals surface area contributed by atoms with Crippen molar-refractivity contribution in [3.05, 3.63) is 34.4 Å². The van der Waals surface area contributed by atoms with Crippen LogP contribution in [0.2, 0.25) is 10.0 Å². The second-order valence-electron chi connectivity index (χ2n) is 3.36. The Balaban J connectivity index is 2.78. The molecule has 1 aromatic heterocycles. The van der Waals surface area contributed by atoms with E-state index in [0.29, 0.717) is 15.9 Å². The van der Waals surface area contributed by atoms with Crippen LogP contribution in [0.4, 0.5) is 0 Å². The zero-order valence-electron chi connectivity index (χ0n) is 8.65. The molecule has 17 heavy (non-hydrogen) atoms. The van der Waals surface area contributed by atoms with Crippen LogP contribution in [0.3, 0.4) is 0 Å². The van der Waals surface area contributed by atoms with Crippen LogP contribution in [0.1, 0.15) is 0 Å². The van der Waals surface area contributed by atoms with Gasteiger partial charge >= 0.3 is 10.1 Å². The van der Waals surface area contributed by atoms with E-state index in [0.717, 1.165) is 6.26 Å². The number of aromatic nitrogens is 1. The van der Waals surface area contributed by atoms with Crippen molar-refractivity contribution in [2.24, 2.45) is 0 Å². The van der Waals surface area contributed by atoms with E-state index in [1.165, 1.54) is 12.3 Å². The van der Waals surface area contributed by atoms with Gasteiger partial charge in [0.25, 0.3) is 0 Å². The molecule has 0 spiro atoms. The maximum atomic E-state index is 11.1. The third-order valence-corrected chi connectivity index (χ3v) is 3.05. The first-order valence-electron chi connectivity index (χ1n) is 4.50. The van der Waals surface area contributed by atoms with Gasteiger partial charge in [-0.05, 0) is 18.2 Å². The first kappa shape index (κ1) is 12.4. The van der Waals surface area contributed by atoms with Crippen LogP contribution in [-0.4, -0.2) is 19.7 Å². The molecular weight excluding hydrogens is 285 g/mol. The van der Waals surface area contributed by atoms with Crippen molar-refractivity contribution in [2.75, 3.05) is 6.26 Å². The van der Waals surface area contributed by atoms with Crippen LogP contribution >= 0.6 is 23.2 Å². The monoisotopic (exact) mass is 291 g/mol. The van der Waals surface area contributed by atoms with Gasteiger partial charge in [0.1, 0.15) is 5.52 Å². The smallest absolute Gasteiger partial charge is 0.306 e. The number of hydrogen-bond donors (Lipinski definition) is 0. The van der Waals surface area contributed by atoms with E-state index in [1.54, 1.807) is 12.1 Å². The largest absolute Gasteiger partial charge is 0.379 e. The molecule has 0 aliphatic carbocycles. The first-order chi connectivity index (χ1) is 7.88. The Morgan fingerprint density at radius 2 is 2.00 bits per heavy atom. The van der Waals surface area contributed by atoms with Crippen molar-refractivity contribution in [3.8, 4) is 5.75 Å². The number of benzene rings is 1. The summed E-state index contributed by atoms with van der Waals surface area (Å²) in [6.07, 6.45) is 2.44. The summed E-state index contributed by atoms with van der Waals surface area (Å²) < 4.78 is 27.1. The van der Waals surface area contributed by atoms with Crippen molar-refractivity contribution in [1.29, 1.82) is 0 Å². The number of rotatable bonds is 2. The topological polar surface area (TPSA) is 56.3 Å². The quantitative estimate of drug-likeness (QED) is 0.799. The van der Waals surface area contributed by atoms with Crippen molar-refractivity contribution in [1.82, 2.24) is 4.98 Å². The highest BCUT2D eigenvalue weighted by Gasteiger charge is 2.16. The zero-order chi connectivity index (χ0) is 12.6. The molecule has 1 aromatic carbocycles. The molecule has 0 N–H and O–H groups in total. The van der Waals surface area contributed by atoms with Crippen LogP contribution < -0.4 is 4.18 Å². The zero-order valence-corrected chi connectivity index (χ0v) is 11.0. The Labute approximate surface area is 108 Å². The van der Waals surface area contributed by atoms with E-state index in [2.05, 4.69) is 4.98 Å². The molecule has 1 heterocycles. The summed E-state index contributed by atoms with van der Waals surface area (Å²) in [6, 6.07) is 4.82. The van der Waals surface area contributed by atoms with Gasteiger partial charge in [0, 0.05) is 11.6 Å². The highest BCUT2D eigenvalue weighted by Crippen LogP contribution is 2.37. The fraction of sp³-hybridized carbons (Fsp3) is 0.100. The number of fused-ring (bicyclic) bond motifs is 1. The van der Waals surface area contributed by atoms with Crippen molar-refractivity contribution in [2.45, 2.75) is 0 Å². The van der Waals surface area contributed by atoms with Gasteiger partial charge in [-0.1, -0.05) is 23.2 Å². The Morgan fingerprint density at radius 1 is 1.29 bits per heavy atom. The fourth-order valence-corrected chi connectivity index (χ4v) is 2.45. The maximum Gasteiger partial charge on any atom is 0.306 e. The molecule has 0 radical (unpaired) electrons. The molecular formula is C10H7Cl2NO3S. The first-order valence-corrected chi connectivity index (χ1v) is 7.08. The Bertz CT molecular complexity index is 685. The predicted octanol–water partition coefficient (Wildman–Crippen LogP) is 2.88. The molecule has 90 valence electrons. The summed E-state index contributed by atoms with van der Waals surface area (Å²) in [6.45, 7) is 0. The molecule has 7 heteroatoms. The van der Waals surface area contributed by atoms with Gasteiger partial charge < -0.3 is 4.18 Å². The molecule has 0 aliphatic rings. The molecule has 0 fully saturated rings. The number of halogens is 2. The van der Waals surface area contributed by atoms with Gasteiger partial charge in [0.05, 0.1) is 16.3 Å². The number of hydrogen-bond acceptors (Lipinski definition) is 4. The predicted molar refractivity (Wildman–Crippen MR) is 67.2 cm³/mol. The van der Waals surface area contributed by atoms with E-state index in [-0.39, 0.29) is 10.8 Å². The van der Waals surface area contributed by atoms with Crippen molar-refractivity contribution >= 4 is 44.2 Å². The van der Waals surface area contributed by atoms with Gasteiger partial charge in [-0.15, -0.1) is 0 Å². The van der Waals surface area contributed by atoms with Crippen molar-refractivity contribution < 1.29 is 12.6 Å². The Kier molecular flexibility index (Phi) is 3.16. The fourth-order valence-electron chi connectivity index (χ4n) is 1.38. The van der Waals surface area contributed by atoms with E-state index in [9.17, 15) is 8.42 Å². The molecule has 0 bridgehead atoms. The van der Waals surface area contributed by atoms with Crippen LogP contribution in [0.25, 0.3) is 10.9 Å². The lowest BCUT2D eigenvalue weighted by Gasteiger charge is -2.09. The van der Waals surface area contributed by atoms with Crippen LogP contribution in [-0.2, 0) is 10.1 Å². The summed E-state index contributed by atoms with van der Waals surface area (Å²) in [5.74, 6) is -0.00540. The highest BCUT2D eigenvalue weighted by molar-refractivity contribution is 7.86. The van der Waals surface area contributed by atoms with Gasteiger partial charge in [-0.2, -0.15) is 8.42 Å². The normalized spacial score (nSPS) is 11.7. The number of pyridine rings is 1. The van der Waals surface area contributed by atoms with Gasteiger partial charge in [-0.3, -0.25) is 4.98 Å². The third kappa shape index (κ3) is 2.62. The molecule has 0 amide bonds. The number of nitrogens with zero attached hydrogens (tertiary/aromatic N) is 1. The molecule has 2 aromatic rings. The van der Waals surface area contributed by atoms with E-state index in [1.807, 2.05) is 0 Å². The summed E-state index contributed by atoms with van der Waals surface area (Å²) in [7, 11) is -3.67. The van der Waals surface area contributed by atoms with Crippen LogP contribution in [0.15, 0.2) is 24.4 Å². The average Bonchev–Trinajstić information content (AvgIpc) is 2.23. The minimum atomic E-state index is -3.67. The second-order valence-corrected chi connectivity index (χ2v) is 5.75.